The highest BCUT2D eigenvalue weighted by atomic mass is 79.9. The molecule has 0 unspecified atom stereocenters. The number of ketones is 2. The van der Waals surface area contributed by atoms with Crippen molar-refractivity contribution in [2.75, 3.05) is 0 Å². The number of allylic oxidation sites excluding steroid dienone is 2. The van der Waals surface area contributed by atoms with Crippen molar-refractivity contribution in [2.45, 2.75) is 20.3 Å². The molecule has 4 heteroatoms. The number of aryl methyl sites for hydroxylation is 1. The standard InChI is InChI=1S/C18H14BrNO2/c1-10-7-15-16(20-9-10)17(21)11(2)14(18(15)22)8-12-3-5-13(19)6-4-12/h3-7,9H,8H2,1-2H3. The molecular formula is C18H14BrNO2. The number of carbonyl (C=O) groups excluding carboxylic acids is 2. The molecule has 2 aromatic rings. The van der Waals surface area contributed by atoms with Gasteiger partial charge in [0.1, 0.15) is 5.69 Å². The topological polar surface area (TPSA) is 47.0 Å². The van der Waals surface area contributed by atoms with Crippen molar-refractivity contribution in [3.63, 3.8) is 0 Å². The number of hydrogen-bond donors (Lipinski definition) is 0. The predicted molar refractivity (Wildman–Crippen MR) is 88.2 cm³/mol. The summed E-state index contributed by atoms with van der Waals surface area (Å²) in [7, 11) is 0. The second-order valence-corrected chi connectivity index (χ2v) is 6.39. The highest BCUT2D eigenvalue weighted by Crippen LogP contribution is 2.28. The molecular weight excluding hydrogens is 342 g/mol. The molecule has 110 valence electrons. The van der Waals surface area contributed by atoms with E-state index >= 15 is 0 Å². The van der Waals surface area contributed by atoms with E-state index in [0.717, 1.165) is 15.6 Å². The average molecular weight is 356 g/mol. The van der Waals surface area contributed by atoms with Crippen LogP contribution in [0, 0.1) is 6.92 Å². The highest BCUT2D eigenvalue weighted by molar-refractivity contribution is 9.10. The third-order valence-electron chi connectivity index (χ3n) is 3.85. The summed E-state index contributed by atoms with van der Waals surface area (Å²) in [6.45, 7) is 3.57. The van der Waals surface area contributed by atoms with Gasteiger partial charge >= 0.3 is 0 Å². The number of halogens is 1. The van der Waals surface area contributed by atoms with Crippen LogP contribution in [-0.2, 0) is 6.42 Å². The van der Waals surface area contributed by atoms with Crippen molar-refractivity contribution in [3.05, 3.63) is 74.5 Å². The first-order valence-electron chi connectivity index (χ1n) is 6.97. The van der Waals surface area contributed by atoms with Crippen molar-refractivity contribution in [2.24, 2.45) is 0 Å². The normalized spacial score (nSPS) is 14.3. The Morgan fingerprint density at radius 3 is 2.41 bits per heavy atom. The molecule has 0 amide bonds. The lowest BCUT2D eigenvalue weighted by Gasteiger charge is -2.18. The Morgan fingerprint density at radius 2 is 1.73 bits per heavy atom. The molecule has 0 spiro atoms. The second-order valence-electron chi connectivity index (χ2n) is 5.47. The van der Waals surface area contributed by atoms with E-state index in [0.29, 0.717) is 23.1 Å². The van der Waals surface area contributed by atoms with E-state index in [4.69, 9.17) is 0 Å². The maximum absolute atomic E-state index is 12.7. The van der Waals surface area contributed by atoms with E-state index in [1.807, 2.05) is 31.2 Å². The Hall–Kier alpha value is -2.07. The minimum Gasteiger partial charge on any atom is -0.289 e. The van der Waals surface area contributed by atoms with Crippen molar-refractivity contribution in [1.82, 2.24) is 4.98 Å². The number of carbonyl (C=O) groups is 2. The van der Waals surface area contributed by atoms with Gasteiger partial charge in [0.25, 0.3) is 0 Å². The minimum atomic E-state index is -0.151. The third-order valence-corrected chi connectivity index (χ3v) is 4.37. The number of nitrogens with zero attached hydrogens (tertiary/aromatic N) is 1. The monoisotopic (exact) mass is 355 g/mol. The number of pyridine rings is 1. The summed E-state index contributed by atoms with van der Waals surface area (Å²) in [6.07, 6.45) is 2.08. The number of benzene rings is 1. The molecule has 0 saturated heterocycles. The third kappa shape index (κ3) is 2.55. The summed E-state index contributed by atoms with van der Waals surface area (Å²) >= 11 is 3.39. The minimum absolute atomic E-state index is 0.0915. The van der Waals surface area contributed by atoms with Gasteiger partial charge in [-0.25, -0.2) is 0 Å². The zero-order valence-electron chi connectivity index (χ0n) is 12.3. The number of fused-ring (bicyclic) bond motifs is 1. The summed E-state index contributed by atoms with van der Waals surface area (Å²) in [5.74, 6) is -0.243. The van der Waals surface area contributed by atoms with E-state index in [1.165, 1.54) is 0 Å². The van der Waals surface area contributed by atoms with Gasteiger partial charge in [-0.3, -0.25) is 14.6 Å². The molecule has 1 aromatic carbocycles. The van der Waals surface area contributed by atoms with E-state index in [1.54, 1.807) is 19.2 Å². The largest absolute Gasteiger partial charge is 0.289 e. The van der Waals surface area contributed by atoms with Gasteiger partial charge < -0.3 is 0 Å². The number of aromatic nitrogens is 1. The zero-order valence-corrected chi connectivity index (χ0v) is 13.9. The van der Waals surface area contributed by atoms with Crippen LogP contribution in [0.1, 0.15) is 38.9 Å². The van der Waals surface area contributed by atoms with Crippen LogP contribution in [0.25, 0.3) is 0 Å². The zero-order chi connectivity index (χ0) is 15.9. The molecule has 3 rings (SSSR count). The molecule has 0 radical (unpaired) electrons. The fraction of sp³-hybridized carbons (Fsp3) is 0.167. The van der Waals surface area contributed by atoms with Crippen LogP contribution < -0.4 is 0 Å². The lowest BCUT2D eigenvalue weighted by molar-refractivity contribution is 0.0969. The lowest BCUT2D eigenvalue weighted by atomic mass is 9.84. The van der Waals surface area contributed by atoms with Crippen LogP contribution in [-0.4, -0.2) is 16.6 Å². The van der Waals surface area contributed by atoms with E-state index in [9.17, 15) is 9.59 Å². The van der Waals surface area contributed by atoms with Gasteiger partial charge in [-0.15, -0.1) is 0 Å². The highest BCUT2D eigenvalue weighted by Gasteiger charge is 2.30. The average Bonchev–Trinajstić information content (AvgIpc) is 2.51. The number of hydrogen-bond acceptors (Lipinski definition) is 3. The van der Waals surface area contributed by atoms with Gasteiger partial charge in [-0.05, 0) is 43.2 Å². The first kappa shape index (κ1) is 14.9. The predicted octanol–water partition coefficient (Wildman–Crippen LogP) is 4.09. The van der Waals surface area contributed by atoms with Crippen molar-refractivity contribution in [3.8, 4) is 0 Å². The molecule has 0 bridgehead atoms. The molecule has 22 heavy (non-hydrogen) atoms. The molecule has 3 nitrogen and oxygen atoms in total. The molecule has 1 heterocycles. The Labute approximate surface area is 137 Å². The van der Waals surface area contributed by atoms with Crippen molar-refractivity contribution in [1.29, 1.82) is 0 Å². The van der Waals surface area contributed by atoms with Crippen molar-refractivity contribution < 1.29 is 9.59 Å². The van der Waals surface area contributed by atoms with Gasteiger partial charge in [0.15, 0.2) is 5.78 Å². The SMILES string of the molecule is CC1=C(Cc2ccc(Br)cc2)C(=O)c2cc(C)cnc2C1=O. The molecule has 1 aromatic heterocycles. The van der Waals surface area contributed by atoms with Gasteiger partial charge in [-0.1, -0.05) is 28.1 Å². The quantitative estimate of drug-likeness (QED) is 0.814. The van der Waals surface area contributed by atoms with Gasteiger partial charge in [0.05, 0.1) is 5.56 Å². The number of rotatable bonds is 2. The van der Waals surface area contributed by atoms with E-state index < -0.39 is 0 Å². The first-order chi connectivity index (χ1) is 10.5. The van der Waals surface area contributed by atoms with Gasteiger partial charge in [-0.2, -0.15) is 0 Å². The second kappa shape index (κ2) is 5.61. The fourth-order valence-corrected chi connectivity index (χ4v) is 2.85. The molecule has 0 atom stereocenters. The Morgan fingerprint density at radius 1 is 1.05 bits per heavy atom. The summed E-state index contributed by atoms with van der Waals surface area (Å²) in [5, 5.41) is 0. The summed E-state index contributed by atoms with van der Waals surface area (Å²) < 4.78 is 0.984. The molecule has 0 N–H and O–H groups in total. The first-order valence-corrected chi connectivity index (χ1v) is 7.77. The number of Topliss-reactive ketones (excluding diaryl/α,β-unsaturated/α-hetero) is 2. The van der Waals surface area contributed by atoms with Crippen LogP contribution >= 0.6 is 15.9 Å². The van der Waals surface area contributed by atoms with Gasteiger partial charge in [0.2, 0.25) is 5.78 Å². The Balaban J connectivity index is 2.04. The van der Waals surface area contributed by atoms with Crippen LogP contribution in [0.4, 0.5) is 0 Å². The smallest absolute Gasteiger partial charge is 0.208 e. The summed E-state index contributed by atoms with van der Waals surface area (Å²) in [5.41, 5.74) is 3.63. The Bertz CT molecular complexity index is 819. The van der Waals surface area contributed by atoms with Crippen LogP contribution in [0.15, 0.2) is 52.1 Å². The van der Waals surface area contributed by atoms with Crippen molar-refractivity contribution >= 4 is 27.5 Å². The maximum atomic E-state index is 12.7. The summed E-state index contributed by atoms with van der Waals surface area (Å²) in [6, 6.07) is 9.51. The van der Waals surface area contributed by atoms with Crippen LogP contribution in [0.2, 0.25) is 0 Å². The molecule has 0 aliphatic heterocycles. The fourth-order valence-electron chi connectivity index (χ4n) is 2.59. The molecule has 1 aliphatic rings. The van der Waals surface area contributed by atoms with Gasteiger partial charge in [0, 0.05) is 28.2 Å². The molecule has 0 saturated carbocycles. The van der Waals surface area contributed by atoms with Crippen LogP contribution in [0.5, 0.6) is 0 Å². The molecule has 0 fully saturated rings. The van der Waals surface area contributed by atoms with E-state index in [2.05, 4.69) is 20.9 Å². The lowest BCUT2D eigenvalue weighted by Crippen LogP contribution is -2.23. The maximum Gasteiger partial charge on any atom is 0.208 e. The summed E-state index contributed by atoms with van der Waals surface area (Å²) in [4.78, 5) is 29.3. The van der Waals surface area contributed by atoms with E-state index in [-0.39, 0.29) is 17.3 Å². The van der Waals surface area contributed by atoms with Crippen LogP contribution in [0.3, 0.4) is 0 Å². The molecule has 1 aliphatic carbocycles. The Kier molecular flexibility index (Phi) is 3.79.